The third-order valence-electron chi connectivity index (χ3n) is 4.40. The van der Waals surface area contributed by atoms with Crippen LogP contribution in [0.2, 0.25) is 0 Å². The fraction of sp³-hybridized carbons (Fsp3) is 0.300. The van der Waals surface area contributed by atoms with Crippen LogP contribution in [0.4, 0.5) is 22.9 Å². The highest BCUT2D eigenvalue weighted by molar-refractivity contribution is 5.94. The average molecular weight is 396 g/mol. The van der Waals surface area contributed by atoms with Crippen LogP contribution in [0.3, 0.4) is 0 Å². The largest absolute Gasteiger partial charge is 0.383 e. The van der Waals surface area contributed by atoms with Crippen LogP contribution in [0.5, 0.6) is 0 Å². The molecule has 0 bridgehead atoms. The Hall–Kier alpha value is -3.46. The lowest BCUT2D eigenvalue weighted by Crippen LogP contribution is -2.11. The lowest BCUT2D eigenvalue weighted by molar-refractivity contribution is -0.383. The monoisotopic (exact) mass is 396 g/mol. The van der Waals surface area contributed by atoms with Crippen LogP contribution in [0, 0.1) is 10.1 Å². The Kier molecular flexibility index (Phi) is 6.75. The number of rotatable bonds is 10. The van der Waals surface area contributed by atoms with Crippen LogP contribution in [0.1, 0.15) is 12.5 Å². The highest BCUT2D eigenvalue weighted by atomic mass is 16.6. The second kappa shape index (κ2) is 9.65. The first kappa shape index (κ1) is 20.3. The molecule has 3 N–H and O–H groups in total. The molecule has 0 aliphatic rings. The molecule has 0 unspecified atom stereocenters. The summed E-state index contributed by atoms with van der Waals surface area (Å²) >= 11 is 0. The van der Waals surface area contributed by atoms with Crippen molar-refractivity contribution in [2.45, 2.75) is 13.5 Å². The first-order valence-electron chi connectivity index (χ1n) is 9.35. The second-order valence-electron chi connectivity index (χ2n) is 6.33. The van der Waals surface area contributed by atoms with Crippen LogP contribution in [0.15, 0.2) is 42.7 Å². The number of para-hydroxylation sites is 1. The SMILES string of the molecule is CCNc1cc2ncnc(NCc3ccccc3NCCOC)c2cc1[N+](=O)[O-]. The molecule has 9 heteroatoms. The Morgan fingerprint density at radius 2 is 1.93 bits per heavy atom. The summed E-state index contributed by atoms with van der Waals surface area (Å²) in [6.07, 6.45) is 1.45. The summed E-state index contributed by atoms with van der Waals surface area (Å²) < 4.78 is 5.08. The number of ether oxygens (including phenoxy) is 1. The lowest BCUT2D eigenvalue weighted by Gasteiger charge is -2.14. The average Bonchev–Trinajstić information content (AvgIpc) is 2.72. The molecule has 1 heterocycles. The van der Waals surface area contributed by atoms with Gasteiger partial charge in [0.15, 0.2) is 0 Å². The molecule has 0 saturated carbocycles. The van der Waals surface area contributed by atoms with Crippen LogP contribution >= 0.6 is 0 Å². The van der Waals surface area contributed by atoms with Gasteiger partial charge in [0.25, 0.3) is 5.69 Å². The van der Waals surface area contributed by atoms with Crippen molar-refractivity contribution in [3.8, 4) is 0 Å². The van der Waals surface area contributed by atoms with Gasteiger partial charge in [-0.05, 0) is 24.6 Å². The van der Waals surface area contributed by atoms with E-state index < -0.39 is 4.92 Å². The van der Waals surface area contributed by atoms with E-state index in [1.54, 1.807) is 13.2 Å². The van der Waals surface area contributed by atoms with Crippen LogP contribution in [-0.4, -0.2) is 41.7 Å². The number of hydrogen-bond donors (Lipinski definition) is 3. The summed E-state index contributed by atoms with van der Waals surface area (Å²) in [4.78, 5) is 19.7. The zero-order valence-electron chi connectivity index (χ0n) is 16.4. The van der Waals surface area contributed by atoms with E-state index in [1.807, 2.05) is 31.2 Å². The molecule has 29 heavy (non-hydrogen) atoms. The van der Waals surface area contributed by atoms with Gasteiger partial charge >= 0.3 is 0 Å². The van der Waals surface area contributed by atoms with Gasteiger partial charge in [0, 0.05) is 43.9 Å². The second-order valence-corrected chi connectivity index (χ2v) is 6.33. The molecule has 0 saturated heterocycles. The molecule has 9 nitrogen and oxygen atoms in total. The first-order valence-corrected chi connectivity index (χ1v) is 9.35. The molecule has 0 spiro atoms. The molecular weight excluding hydrogens is 372 g/mol. The number of fused-ring (bicyclic) bond motifs is 1. The molecule has 0 radical (unpaired) electrons. The Morgan fingerprint density at radius 1 is 1.10 bits per heavy atom. The van der Waals surface area contributed by atoms with Crippen molar-refractivity contribution < 1.29 is 9.66 Å². The summed E-state index contributed by atoms with van der Waals surface area (Å²) in [6, 6.07) is 11.1. The Bertz CT molecular complexity index is 995. The van der Waals surface area contributed by atoms with Crippen molar-refractivity contribution >= 4 is 33.8 Å². The topological polar surface area (TPSA) is 114 Å². The molecule has 2 aromatic carbocycles. The molecule has 0 aliphatic heterocycles. The first-order chi connectivity index (χ1) is 14.1. The zero-order valence-corrected chi connectivity index (χ0v) is 16.4. The fourth-order valence-corrected chi connectivity index (χ4v) is 3.03. The molecule has 152 valence electrons. The number of nitro groups is 1. The van der Waals surface area contributed by atoms with Crippen molar-refractivity contribution in [2.75, 3.05) is 42.8 Å². The maximum atomic E-state index is 11.5. The molecule has 3 aromatic rings. The van der Waals surface area contributed by atoms with E-state index in [4.69, 9.17) is 4.74 Å². The van der Waals surface area contributed by atoms with Crippen molar-refractivity contribution in [3.05, 3.63) is 58.4 Å². The van der Waals surface area contributed by atoms with Gasteiger partial charge in [-0.15, -0.1) is 0 Å². The molecule has 1 aromatic heterocycles. The number of hydrogen-bond acceptors (Lipinski definition) is 8. The van der Waals surface area contributed by atoms with Crippen molar-refractivity contribution in [2.24, 2.45) is 0 Å². The summed E-state index contributed by atoms with van der Waals surface area (Å²) in [7, 11) is 1.66. The summed E-state index contributed by atoms with van der Waals surface area (Å²) in [6.45, 7) is 4.28. The third kappa shape index (κ3) is 4.88. The predicted molar refractivity (Wildman–Crippen MR) is 114 cm³/mol. The van der Waals surface area contributed by atoms with Crippen LogP contribution < -0.4 is 16.0 Å². The van der Waals surface area contributed by atoms with E-state index in [0.29, 0.717) is 48.6 Å². The van der Waals surface area contributed by atoms with Gasteiger partial charge in [0.2, 0.25) is 0 Å². The number of aromatic nitrogens is 2. The van der Waals surface area contributed by atoms with Crippen LogP contribution in [-0.2, 0) is 11.3 Å². The maximum Gasteiger partial charge on any atom is 0.293 e. The van der Waals surface area contributed by atoms with E-state index >= 15 is 0 Å². The number of methoxy groups -OCH3 is 1. The number of benzene rings is 2. The quantitative estimate of drug-likeness (QED) is 0.270. The van der Waals surface area contributed by atoms with Gasteiger partial charge in [0.1, 0.15) is 17.8 Å². The smallest absolute Gasteiger partial charge is 0.293 e. The molecule has 0 fully saturated rings. The number of nitrogens with zero attached hydrogens (tertiary/aromatic N) is 3. The number of nitrogens with one attached hydrogen (secondary N) is 3. The third-order valence-corrected chi connectivity index (χ3v) is 4.40. The Morgan fingerprint density at radius 3 is 2.69 bits per heavy atom. The highest BCUT2D eigenvalue weighted by Crippen LogP contribution is 2.32. The van der Waals surface area contributed by atoms with E-state index in [2.05, 4.69) is 25.9 Å². The highest BCUT2D eigenvalue weighted by Gasteiger charge is 2.17. The molecular formula is C20H24N6O3. The number of nitro benzene ring substituents is 1. The number of anilines is 3. The summed E-state index contributed by atoms with van der Waals surface area (Å²) in [5.74, 6) is 0.549. The predicted octanol–water partition coefficient (Wildman–Crippen LogP) is 3.64. The van der Waals surface area contributed by atoms with Crippen molar-refractivity contribution in [1.29, 1.82) is 0 Å². The van der Waals surface area contributed by atoms with Gasteiger partial charge in [-0.2, -0.15) is 0 Å². The Balaban J connectivity index is 1.88. The fourth-order valence-electron chi connectivity index (χ4n) is 3.03. The zero-order chi connectivity index (χ0) is 20.6. The van der Waals surface area contributed by atoms with Gasteiger partial charge in [-0.25, -0.2) is 9.97 Å². The summed E-state index contributed by atoms with van der Waals surface area (Å²) in [5.41, 5.74) is 3.13. The minimum absolute atomic E-state index is 0.00108. The minimum atomic E-state index is -0.400. The van der Waals surface area contributed by atoms with E-state index in [-0.39, 0.29) is 5.69 Å². The maximum absolute atomic E-state index is 11.5. The molecule has 0 amide bonds. The molecule has 0 aliphatic carbocycles. The van der Waals surface area contributed by atoms with Gasteiger partial charge in [0.05, 0.1) is 17.0 Å². The van der Waals surface area contributed by atoms with Crippen molar-refractivity contribution in [3.63, 3.8) is 0 Å². The van der Waals surface area contributed by atoms with Crippen LogP contribution in [0.25, 0.3) is 10.9 Å². The standard InChI is InChI=1S/C20H24N6O3/c1-3-21-18-11-17-15(10-19(18)26(27)28)20(25-13-24-17)23-12-14-6-4-5-7-16(14)22-8-9-29-2/h4-7,10-11,13,21-22H,3,8-9,12H2,1-2H3,(H,23,24,25). The van der Waals surface area contributed by atoms with E-state index in [1.165, 1.54) is 12.4 Å². The van der Waals surface area contributed by atoms with Gasteiger partial charge < -0.3 is 20.7 Å². The van der Waals surface area contributed by atoms with Crippen molar-refractivity contribution in [1.82, 2.24) is 9.97 Å². The Labute approximate surface area is 168 Å². The van der Waals surface area contributed by atoms with E-state index in [9.17, 15) is 10.1 Å². The van der Waals surface area contributed by atoms with E-state index in [0.717, 1.165) is 11.3 Å². The summed E-state index contributed by atoms with van der Waals surface area (Å²) in [5, 5.41) is 21.7. The molecule has 3 rings (SSSR count). The molecule has 0 atom stereocenters. The normalized spacial score (nSPS) is 10.7. The van der Waals surface area contributed by atoms with Gasteiger partial charge in [-0.1, -0.05) is 18.2 Å². The van der Waals surface area contributed by atoms with Gasteiger partial charge in [-0.3, -0.25) is 10.1 Å². The lowest BCUT2D eigenvalue weighted by atomic mass is 10.1. The minimum Gasteiger partial charge on any atom is -0.383 e.